The van der Waals surface area contributed by atoms with Crippen LogP contribution in [0.1, 0.15) is 11.1 Å². The van der Waals surface area contributed by atoms with Gasteiger partial charge in [-0.05, 0) is 11.1 Å². The van der Waals surface area contributed by atoms with E-state index in [1.165, 1.54) is 0 Å². The SMILES string of the molecule is O=C(NC(=NCc1ccccc1)C1(O)O[C@H](CO)[C@@H](O)[C@H](O)[C@H]1O)OCc1ccccc1. The van der Waals surface area contributed by atoms with Crippen LogP contribution in [0.4, 0.5) is 4.79 Å². The highest BCUT2D eigenvalue weighted by Gasteiger charge is 2.56. The summed E-state index contributed by atoms with van der Waals surface area (Å²) in [6.07, 6.45) is -8.07. The lowest BCUT2D eigenvalue weighted by Gasteiger charge is -2.45. The Labute approximate surface area is 184 Å². The van der Waals surface area contributed by atoms with E-state index in [1.54, 1.807) is 54.6 Å². The zero-order chi connectivity index (χ0) is 23.1. The monoisotopic (exact) mass is 446 g/mol. The van der Waals surface area contributed by atoms with Gasteiger partial charge in [0.15, 0.2) is 5.84 Å². The van der Waals surface area contributed by atoms with Crippen molar-refractivity contribution < 1.29 is 39.8 Å². The molecule has 0 spiro atoms. The Morgan fingerprint density at radius 1 is 1.00 bits per heavy atom. The van der Waals surface area contributed by atoms with E-state index in [-0.39, 0.29) is 13.2 Å². The molecule has 32 heavy (non-hydrogen) atoms. The van der Waals surface area contributed by atoms with E-state index < -0.39 is 48.7 Å². The normalized spacial score (nSPS) is 28.2. The van der Waals surface area contributed by atoms with Crippen molar-refractivity contribution in [3.8, 4) is 0 Å². The molecule has 6 N–H and O–H groups in total. The second kappa shape index (κ2) is 10.6. The Hall–Kier alpha value is -2.86. The van der Waals surface area contributed by atoms with Crippen molar-refractivity contribution in [1.29, 1.82) is 0 Å². The second-order valence-electron chi connectivity index (χ2n) is 7.30. The van der Waals surface area contributed by atoms with E-state index in [9.17, 15) is 30.3 Å². The third-order valence-electron chi connectivity index (χ3n) is 5.00. The van der Waals surface area contributed by atoms with E-state index in [0.717, 1.165) is 11.1 Å². The standard InChI is InChI=1S/C22H26N2O8/c25-12-16-17(26)18(27)19(28)22(30,32-16)20(23-11-14-7-3-1-4-8-14)24-21(29)31-13-15-9-5-2-6-10-15/h1-10,16-19,25-28,30H,11-13H2,(H,23,24,29)/t16-,17-,18+,19-,22?/m1/s1. The van der Waals surface area contributed by atoms with Crippen LogP contribution < -0.4 is 5.32 Å². The van der Waals surface area contributed by atoms with Crippen LogP contribution in [0.5, 0.6) is 0 Å². The topological polar surface area (TPSA) is 161 Å². The van der Waals surface area contributed by atoms with Gasteiger partial charge in [-0.2, -0.15) is 0 Å². The highest BCUT2D eigenvalue weighted by Crippen LogP contribution is 2.29. The largest absolute Gasteiger partial charge is 0.444 e. The molecule has 10 heteroatoms. The van der Waals surface area contributed by atoms with E-state index in [0.29, 0.717) is 0 Å². The Morgan fingerprint density at radius 2 is 1.59 bits per heavy atom. The average Bonchev–Trinajstić information content (AvgIpc) is 2.82. The number of benzene rings is 2. The van der Waals surface area contributed by atoms with Gasteiger partial charge in [-0.25, -0.2) is 4.79 Å². The molecule has 0 radical (unpaired) electrons. The van der Waals surface area contributed by atoms with Gasteiger partial charge in [0, 0.05) is 0 Å². The van der Waals surface area contributed by atoms with Crippen molar-refractivity contribution in [1.82, 2.24) is 5.32 Å². The number of aliphatic hydroxyl groups excluding tert-OH is 4. The zero-order valence-corrected chi connectivity index (χ0v) is 17.1. The summed E-state index contributed by atoms with van der Waals surface area (Å²) in [5, 5.41) is 53.3. The predicted molar refractivity (Wildman–Crippen MR) is 112 cm³/mol. The molecule has 10 nitrogen and oxygen atoms in total. The molecule has 1 aliphatic rings. The number of amidine groups is 1. The zero-order valence-electron chi connectivity index (χ0n) is 17.1. The van der Waals surface area contributed by atoms with E-state index >= 15 is 0 Å². The number of ether oxygens (including phenoxy) is 2. The Morgan fingerprint density at radius 3 is 2.19 bits per heavy atom. The fourth-order valence-corrected chi connectivity index (χ4v) is 3.20. The summed E-state index contributed by atoms with van der Waals surface area (Å²) in [4.78, 5) is 16.6. The van der Waals surface area contributed by atoms with Crippen LogP contribution >= 0.6 is 0 Å². The van der Waals surface area contributed by atoms with Gasteiger partial charge in [-0.15, -0.1) is 0 Å². The smallest absolute Gasteiger partial charge is 0.413 e. The first-order valence-electron chi connectivity index (χ1n) is 9.97. The number of amides is 1. The van der Waals surface area contributed by atoms with Crippen LogP contribution in [-0.4, -0.2) is 74.3 Å². The lowest BCUT2D eigenvalue weighted by Crippen LogP contribution is -2.70. The van der Waals surface area contributed by atoms with Gasteiger partial charge in [-0.1, -0.05) is 60.7 Å². The van der Waals surface area contributed by atoms with Crippen LogP contribution in [0.2, 0.25) is 0 Å². The minimum absolute atomic E-state index is 0.0179. The number of hydrogen-bond donors (Lipinski definition) is 6. The lowest BCUT2D eigenvalue weighted by atomic mass is 9.91. The summed E-state index contributed by atoms with van der Waals surface area (Å²) in [5.41, 5.74) is 1.44. The molecule has 172 valence electrons. The number of nitrogens with one attached hydrogen (secondary N) is 1. The fraction of sp³-hybridized carbons (Fsp3) is 0.364. The van der Waals surface area contributed by atoms with Gasteiger partial charge in [0.05, 0.1) is 13.2 Å². The first-order chi connectivity index (χ1) is 15.3. The van der Waals surface area contributed by atoms with Crippen LogP contribution in [0.15, 0.2) is 65.7 Å². The van der Waals surface area contributed by atoms with Gasteiger partial charge >= 0.3 is 6.09 Å². The maximum atomic E-state index is 12.4. The van der Waals surface area contributed by atoms with Gasteiger partial charge in [0.2, 0.25) is 0 Å². The molecule has 0 aromatic heterocycles. The fourth-order valence-electron chi connectivity index (χ4n) is 3.20. The number of rotatable bonds is 6. The average molecular weight is 446 g/mol. The molecule has 0 aliphatic carbocycles. The molecule has 1 saturated heterocycles. The second-order valence-corrected chi connectivity index (χ2v) is 7.30. The minimum atomic E-state index is -2.73. The lowest BCUT2D eigenvalue weighted by molar-refractivity contribution is -0.318. The highest BCUT2D eigenvalue weighted by molar-refractivity contribution is 6.00. The van der Waals surface area contributed by atoms with Crippen molar-refractivity contribution in [2.45, 2.75) is 43.4 Å². The molecule has 1 amide bonds. The van der Waals surface area contributed by atoms with Crippen molar-refractivity contribution in [2.75, 3.05) is 6.61 Å². The summed E-state index contributed by atoms with van der Waals surface area (Å²) in [7, 11) is 0. The van der Waals surface area contributed by atoms with Gasteiger partial charge < -0.3 is 35.0 Å². The van der Waals surface area contributed by atoms with Crippen molar-refractivity contribution in [3.05, 3.63) is 71.8 Å². The first-order valence-corrected chi connectivity index (χ1v) is 9.97. The van der Waals surface area contributed by atoms with Crippen LogP contribution in [0.3, 0.4) is 0 Å². The summed E-state index contributed by atoms with van der Waals surface area (Å²) >= 11 is 0. The molecule has 1 fully saturated rings. The summed E-state index contributed by atoms with van der Waals surface area (Å²) in [5.74, 6) is -3.27. The number of nitrogens with zero attached hydrogens (tertiary/aromatic N) is 1. The molecule has 2 aromatic rings. The maximum Gasteiger partial charge on any atom is 0.413 e. The molecule has 1 heterocycles. The molecular formula is C22H26N2O8. The molecule has 3 rings (SSSR count). The number of hydrogen-bond acceptors (Lipinski definition) is 9. The third kappa shape index (κ3) is 5.49. The number of aliphatic hydroxyl groups is 5. The predicted octanol–water partition coefficient (Wildman–Crippen LogP) is -0.326. The van der Waals surface area contributed by atoms with Crippen LogP contribution in [-0.2, 0) is 22.6 Å². The van der Waals surface area contributed by atoms with Gasteiger partial charge in [-0.3, -0.25) is 10.3 Å². The molecule has 0 bridgehead atoms. The minimum Gasteiger partial charge on any atom is -0.444 e. The Bertz CT molecular complexity index is 909. The highest BCUT2D eigenvalue weighted by atomic mass is 16.7. The number of aliphatic imine (C=N–C) groups is 1. The molecule has 1 aliphatic heterocycles. The number of carbonyl (C=O) groups is 1. The van der Waals surface area contributed by atoms with Gasteiger partial charge in [0.25, 0.3) is 5.79 Å². The van der Waals surface area contributed by atoms with Crippen LogP contribution in [0.25, 0.3) is 0 Å². The van der Waals surface area contributed by atoms with E-state index in [4.69, 9.17) is 9.47 Å². The first kappa shape index (κ1) is 23.8. The quantitative estimate of drug-likeness (QED) is 0.260. The van der Waals surface area contributed by atoms with Gasteiger partial charge in [0.1, 0.15) is 31.0 Å². The summed E-state index contributed by atoms with van der Waals surface area (Å²) in [6.45, 7) is -0.852. The number of alkyl carbamates (subject to hydrolysis) is 1. The summed E-state index contributed by atoms with van der Waals surface area (Å²) < 4.78 is 10.4. The van der Waals surface area contributed by atoms with Crippen molar-refractivity contribution in [3.63, 3.8) is 0 Å². The van der Waals surface area contributed by atoms with E-state index in [2.05, 4.69) is 10.3 Å². The molecular weight excluding hydrogens is 420 g/mol. The van der Waals surface area contributed by atoms with Crippen molar-refractivity contribution in [2.24, 2.45) is 4.99 Å². The summed E-state index contributed by atoms with van der Waals surface area (Å²) in [6, 6.07) is 17.7. The molecule has 2 aromatic carbocycles. The molecule has 5 atom stereocenters. The third-order valence-corrected chi connectivity index (χ3v) is 5.00. The molecule has 0 saturated carbocycles. The Kier molecular flexibility index (Phi) is 7.91. The Balaban J connectivity index is 1.83. The van der Waals surface area contributed by atoms with Crippen LogP contribution in [0, 0.1) is 0 Å². The van der Waals surface area contributed by atoms with E-state index in [1.807, 2.05) is 6.07 Å². The number of carbonyl (C=O) groups excluding carboxylic acids is 1. The maximum absolute atomic E-state index is 12.4. The molecule has 1 unspecified atom stereocenters. The van der Waals surface area contributed by atoms with Crippen molar-refractivity contribution >= 4 is 11.9 Å².